The van der Waals surface area contributed by atoms with Gasteiger partial charge in [0.15, 0.2) is 0 Å². The van der Waals surface area contributed by atoms with Crippen molar-refractivity contribution in [2.24, 2.45) is 5.73 Å². The van der Waals surface area contributed by atoms with Crippen molar-refractivity contribution in [2.45, 2.75) is 19.4 Å². The van der Waals surface area contributed by atoms with Gasteiger partial charge in [-0.25, -0.2) is 4.39 Å². The van der Waals surface area contributed by atoms with Crippen molar-refractivity contribution in [3.63, 3.8) is 0 Å². The average molecular weight is 308 g/mol. The van der Waals surface area contributed by atoms with Crippen molar-refractivity contribution in [3.05, 3.63) is 69.4 Å². The minimum atomic E-state index is -0.271. The van der Waals surface area contributed by atoms with E-state index in [0.29, 0.717) is 10.9 Å². The van der Waals surface area contributed by atoms with Crippen LogP contribution >= 0.6 is 15.9 Å². The highest BCUT2D eigenvalue weighted by Crippen LogP contribution is 2.22. The highest BCUT2D eigenvalue weighted by atomic mass is 79.9. The first-order chi connectivity index (χ1) is 8.58. The highest BCUT2D eigenvalue weighted by molar-refractivity contribution is 9.10. The zero-order valence-electron chi connectivity index (χ0n) is 10.2. The molecule has 0 saturated carbocycles. The Bertz CT molecular complexity index is 554. The average Bonchev–Trinajstić information content (AvgIpc) is 2.35. The Kier molecular flexibility index (Phi) is 4.15. The summed E-state index contributed by atoms with van der Waals surface area (Å²) >= 11 is 3.14. The normalized spacial score (nSPS) is 12.4. The number of benzene rings is 2. The van der Waals surface area contributed by atoms with Crippen LogP contribution in [0.1, 0.15) is 22.7 Å². The Morgan fingerprint density at radius 3 is 2.61 bits per heavy atom. The third kappa shape index (κ3) is 2.98. The maximum atomic E-state index is 13.5. The fourth-order valence-corrected chi connectivity index (χ4v) is 2.18. The topological polar surface area (TPSA) is 26.0 Å². The first-order valence-corrected chi connectivity index (χ1v) is 6.62. The molecule has 2 N–H and O–H groups in total. The third-order valence-corrected chi connectivity index (χ3v) is 3.72. The number of nitrogens with two attached hydrogens (primary N) is 1. The summed E-state index contributed by atoms with van der Waals surface area (Å²) < 4.78 is 13.9. The molecular weight excluding hydrogens is 293 g/mol. The van der Waals surface area contributed by atoms with Crippen LogP contribution in [0.25, 0.3) is 0 Å². The molecule has 0 aliphatic heterocycles. The lowest BCUT2D eigenvalue weighted by atomic mass is 9.97. The Hall–Kier alpha value is -1.19. The predicted octanol–water partition coefficient (Wildman–Crippen LogP) is 4.14. The summed E-state index contributed by atoms with van der Waals surface area (Å²) in [5, 5.41) is 0. The minimum absolute atomic E-state index is 0.186. The maximum absolute atomic E-state index is 13.5. The van der Waals surface area contributed by atoms with Crippen molar-refractivity contribution in [1.29, 1.82) is 0 Å². The predicted molar refractivity (Wildman–Crippen MR) is 75.9 cm³/mol. The van der Waals surface area contributed by atoms with Crippen LogP contribution in [-0.2, 0) is 6.42 Å². The van der Waals surface area contributed by atoms with Crippen molar-refractivity contribution in [2.75, 3.05) is 0 Å². The van der Waals surface area contributed by atoms with E-state index in [1.54, 1.807) is 6.07 Å². The summed E-state index contributed by atoms with van der Waals surface area (Å²) in [5.74, 6) is -0.271. The van der Waals surface area contributed by atoms with Crippen LogP contribution in [0.15, 0.2) is 46.9 Å². The summed E-state index contributed by atoms with van der Waals surface area (Å²) in [6, 6.07) is 13.0. The van der Waals surface area contributed by atoms with Crippen molar-refractivity contribution in [3.8, 4) is 0 Å². The summed E-state index contributed by atoms with van der Waals surface area (Å²) in [4.78, 5) is 0. The Labute approximate surface area is 115 Å². The van der Waals surface area contributed by atoms with Gasteiger partial charge >= 0.3 is 0 Å². The van der Waals surface area contributed by atoms with Crippen LogP contribution in [0.4, 0.5) is 4.39 Å². The molecule has 0 aliphatic rings. The molecular formula is C15H15BrFN. The van der Waals surface area contributed by atoms with E-state index in [2.05, 4.69) is 35.0 Å². The van der Waals surface area contributed by atoms with Gasteiger partial charge in [-0.05, 0) is 58.1 Å². The monoisotopic (exact) mass is 307 g/mol. The number of rotatable bonds is 3. The lowest BCUT2D eigenvalue weighted by Gasteiger charge is -2.14. The summed E-state index contributed by atoms with van der Waals surface area (Å²) in [6.45, 7) is 2.06. The molecule has 3 heteroatoms. The molecule has 1 unspecified atom stereocenters. The van der Waals surface area contributed by atoms with Crippen LogP contribution in [0.3, 0.4) is 0 Å². The number of hydrogen-bond donors (Lipinski definition) is 1. The Morgan fingerprint density at radius 2 is 1.94 bits per heavy atom. The molecule has 1 atom stereocenters. The minimum Gasteiger partial charge on any atom is -0.324 e. The molecule has 0 aliphatic carbocycles. The van der Waals surface area contributed by atoms with Gasteiger partial charge in [0.25, 0.3) is 0 Å². The van der Waals surface area contributed by atoms with Gasteiger partial charge in [-0.2, -0.15) is 0 Å². The molecule has 0 fully saturated rings. The van der Waals surface area contributed by atoms with Crippen molar-refractivity contribution < 1.29 is 4.39 Å². The molecule has 0 spiro atoms. The van der Waals surface area contributed by atoms with Crippen LogP contribution in [0, 0.1) is 12.7 Å². The SMILES string of the molecule is Cc1ccccc1CC(N)c1ccc(Br)c(F)c1. The second-order valence-electron chi connectivity index (χ2n) is 4.41. The van der Waals surface area contributed by atoms with Gasteiger partial charge < -0.3 is 5.73 Å². The van der Waals surface area contributed by atoms with Gasteiger partial charge in [-0.1, -0.05) is 30.3 Å². The Balaban J connectivity index is 2.19. The van der Waals surface area contributed by atoms with Gasteiger partial charge in [0.2, 0.25) is 0 Å². The molecule has 0 radical (unpaired) electrons. The van der Waals surface area contributed by atoms with Crippen LogP contribution in [0.2, 0.25) is 0 Å². The van der Waals surface area contributed by atoms with Gasteiger partial charge in [-0.15, -0.1) is 0 Å². The van der Waals surface area contributed by atoms with E-state index in [4.69, 9.17) is 5.73 Å². The van der Waals surface area contributed by atoms with Gasteiger partial charge in [0, 0.05) is 6.04 Å². The van der Waals surface area contributed by atoms with Crippen molar-refractivity contribution in [1.82, 2.24) is 0 Å². The fraction of sp³-hybridized carbons (Fsp3) is 0.200. The van der Waals surface area contributed by atoms with Crippen LogP contribution in [0.5, 0.6) is 0 Å². The number of halogens is 2. The summed E-state index contributed by atoms with van der Waals surface area (Å²) in [6.07, 6.45) is 0.716. The van der Waals surface area contributed by atoms with E-state index < -0.39 is 0 Å². The zero-order chi connectivity index (χ0) is 13.1. The molecule has 0 bridgehead atoms. The molecule has 2 aromatic carbocycles. The fourth-order valence-electron chi connectivity index (χ4n) is 1.94. The van der Waals surface area contributed by atoms with Crippen LogP contribution < -0.4 is 5.73 Å². The lowest BCUT2D eigenvalue weighted by Crippen LogP contribution is -2.14. The molecule has 0 heterocycles. The molecule has 2 rings (SSSR count). The first-order valence-electron chi connectivity index (χ1n) is 5.83. The molecule has 18 heavy (non-hydrogen) atoms. The second kappa shape index (κ2) is 5.63. The smallest absolute Gasteiger partial charge is 0.137 e. The summed E-state index contributed by atoms with van der Waals surface area (Å²) in [5.41, 5.74) is 9.37. The Morgan fingerprint density at radius 1 is 1.22 bits per heavy atom. The van der Waals surface area contributed by atoms with E-state index in [0.717, 1.165) is 5.56 Å². The van der Waals surface area contributed by atoms with Crippen LogP contribution in [-0.4, -0.2) is 0 Å². The maximum Gasteiger partial charge on any atom is 0.137 e. The van der Waals surface area contributed by atoms with E-state index in [-0.39, 0.29) is 11.9 Å². The molecule has 0 amide bonds. The van der Waals surface area contributed by atoms with E-state index in [1.165, 1.54) is 17.2 Å². The van der Waals surface area contributed by atoms with E-state index in [9.17, 15) is 4.39 Å². The molecule has 2 aromatic rings. The quantitative estimate of drug-likeness (QED) is 0.906. The second-order valence-corrected chi connectivity index (χ2v) is 5.26. The number of hydrogen-bond acceptors (Lipinski definition) is 1. The van der Waals surface area contributed by atoms with Crippen molar-refractivity contribution >= 4 is 15.9 Å². The van der Waals surface area contributed by atoms with Gasteiger partial charge in [0.05, 0.1) is 4.47 Å². The molecule has 0 aromatic heterocycles. The molecule has 94 valence electrons. The molecule has 0 saturated heterocycles. The largest absolute Gasteiger partial charge is 0.324 e. The zero-order valence-corrected chi connectivity index (χ0v) is 11.7. The first kappa shape index (κ1) is 13.2. The van der Waals surface area contributed by atoms with E-state index in [1.807, 2.05) is 18.2 Å². The molecule has 1 nitrogen and oxygen atoms in total. The summed E-state index contributed by atoms with van der Waals surface area (Å²) in [7, 11) is 0. The standard InChI is InChI=1S/C15H15BrFN/c1-10-4-2-3-5-11(10)9-15(18)12-6-7-13(16)14(17)8-12/h2-8,15H,9,18H2,1H3. The number of aryl methyl sites for hydroxylation is 1. The lowest BCUT2D eigenvalue weighted by molar-refractivity contribution is 0.612. The highest BCUT2D eigenvalue weighted by Gasteiger charge is 2.10. The third-order valence-electron chi connectivity index (χ3n) is 3.07. The van der Waals surface area contributed by atoms with E-state index >= 15 is 0 Å². The van der Waals surface area contributed by atoms with Gasteiger partial charge in [0.1, 0.15) is 5.82 Å². The van der Waals surface area contributed by atoms with Gasteiger partial charge in [-0.3, -0.25) is 0 Å².